The number of amides is 1. The fraction of sp³-hybridized carbons (Fsp3) is 0.444. The highest BCUT2D eigenvalue weighted by Crippen LogP contribution is 2.35. The molecule has 1 heterocycles. The number of carbonyl (C=O) groups excluding carboxylic acids is 1. The Morgan fingerprint density at radius 2 is 2.33 bits per heavy atom. The third kappa shape index (κ3) is 3.93. The third-order valence-electron chi connectivity index (χ3n) is 4.32. The van der Waals surface area contributed by atoms with Crippen LogP contribution in [-0.2, 0) is 9.59 Å². The van der Waals surface area contributed by atoms with Crippen molar-refractivity contribution in [3.05, 3.63) is 42.2 Å². The summed E-state index contributed by atoms with van der Waals surface area (Å²) in [6, 6.07) is 3.63. The van der Waals surface area contributed by atoms with Crippen LogP contribution < -0.4 is 4.74 Å². The molecule has 2 atom stereocenters. The highest BCUT2D eigenvalue weighted by Gasteiger charge is 2.41. The van der Waals surface area contributed by atoms with E-state index < -0.39 is 17.8 Å². The van der Waals surface area contributed by atoms with Gasteiger partial charge < -0.3 is 14.7 Å². The van der Waals surface area contributed by atoms with Crippen molar-refractivity contribution in [3.63, 3.8) is 0 Å². The first-order valence-electron chi connectivity index (χ1n) is 7.94. The van der Waals surface area contributed by atoms with Crippen LogP contribution in [0.3, 0.4) is 0 Å². The molecule has 1 aliphatic rings. The summed E-state index contributed by atoms with van der Waals surface area (Å²) < 4.78 is 18.8. The summed E-state index contributed by atoms with van der Waals surface area (Å²) in [7, 11) is 1.36. The average molecular weight is 335 g/mol. The lowest BCUT2D eigenvalue weighted by atomic mass is 9.88. The van der Waals surface area contributed by atoms with Gasteiger partial charge in [-0.15, -0.1) is 6.58 Å². The molecule has 1 aromatic rings. The van der Waals surface area contributed by atoms with Gasteiger partial charge in [0, 0.05) is 6.54 Å². The molecule has 1 N–H and O–H groups in total. The molecule has 1 aliphatic heterocycles. The second-order valence-electron chi connectivity index (χ2n) is 5.91. The molecule has 1 saturated heterocycles. The molecule has 1 aromatic carbocycles. The van der Waals surface area contributed by atoms with Crippen LogP contribution in [0.4, 0.5) is 4.39 Å². The number of ether oxygens (including phenoxy) is 1. The quantitative estimate of drug-likeness (QED) is 0.428. The predicted molar refractivity (Wildman–Crippen MR) is 87.2 cm³/mol. The van der Waals surface area contributed by atoms with E-state index in [-0.39, 0.29) is 24.0 Å². The molecule has 0 radical (unpaired) electrons. The Kier molecular flexibility index (Phi) is 5.95. The Morgan fingerprint density at radius 1 is 1.58 bits per heavy atom. The van der Waals surface area contributed by atoms with Crippen LogP contribution in [0.5, 0.6) is 5.75 Å². The van der Waals surface area contributed by atoms with Crippen molar-refractivity contribution in [2.75, 3.05) is 13.7 Å². The fourth-order valence-corrected chi connectivity index (χ4v) is 3.00. The first-order valence-corrected chi connectivity index (χ1v) is 7.94. The topological polar surface area (TPSA) is 66.8 Å². The van der Waals surface area contributed by atoms with Gasteiger partial charge in [0.1, 0.15) is 0 Å². The van der Waals surface area contributed by atoms with Gasteiger partial charge in [0.15, 0.2) is 11.6 Å². The van der Waals surface area contributed by atoms with Crippen molar-refractivity contribution in [2.45, 2.75) is 31.7 Å². The molecule has 130 valence electrons. The lowest BCUT2D eigenvalue weighted by Crippen LogP contribution is -2.54. The van der Waals surface area contributed by atoms with Crippen molar-refractivity contribution in [3.8, 4) is 5.75 Å². The minimum absolute atomic E-state index is 0.0680. The first-order chi connectivity index (χ1) is 11.5. The number of hydrogen-bond acceptors (Lipinski definition) is 3. The SMILES string of the molecule is C=CCCCC1CN(C(CC(=O)O)c2ccc(OC)c(F)c2)C1=O. The van der Waals surface area contributed by atoms with Crippen molar-refractivity contribution in [1.29, 1.82) is 0 Å². The van der Waals surface area contributed by atoms with E-state index in [1.165, 1.54) is 24.1 Å². The number of unbranched alkanes of at least 4 members (excludes halogenated alkanes) is 1. The summed E-state index contributed by atoms with van der Waals surface area (Å²) in [6.07, 6.45) is 4.06. The summed E-state index contributed by atoms with van der Waals surface area (Å²) in [5.74, 6) is -1.66. The Bertz CT molecular complexity index is 631. The van der Waals surface area contributed by atoms with Crippen molar-refractivity contribution in [1.82, 2.24) is 4.90 Å². The Balaban J connectivity index is 2.12. The molecular weight excluding hydrogens is 313 g/mol. The number of methoxy groups -OCH3 is 1. The van der Waals surface area contributed by atoms with Gasteiger partial charge in [-0.1, -0.05) is 12.1 Å². The number of carbonyl (C=O) groups is 2. The number of halogens is 1. The zero-order valence-corrected chi connectivity index (χ0v) is 13.7. The van der Waals surface area contributed by atoms with E-state index in [0.717, 1.165) is 19.3 Å². The zero-order chi connectivity index (χ0) is 17.7. The molecule has 0 bridgehead atoms. The molecule has 6 heteroatoms. The Hall–Kier alpha value is -2.37. The van der Waals surface area contributed by atoms with Gasteiger partial charge in [0.25, 0.3) is 0 Å². The number of likely N-dealkylation sites (tertiary alicyclic amines) is 1. The van der Waals surface area contributed by atoms with Crippen LogP contribution in [0.15, 0.2) is 30.9 Å². The fourth-order valence-electron chi connectivity index (χ4n) is 3.00. The van der Waals surface area contributed by atoms with Gasteiger partial charge in [-0.3, -0.25) is 9.59 Å². The highest BCUT2D eigenvalue weighted by atomic mass is 19.1. The number of allylic oxidation sites excluding steroid dienone is 1. The molecule has 24 heavy (non-hydrogen) atoms. The van der Waals surface area contributed by atoms with Gasteiger partial charge in [0.2, 0.25) is 5.91 Å². The lowest BCUT2D eigenvalue weighted by molar-refractivity contribution is -0.154. The summed E-state index contributed by atoms with van der Waals surface area (Å²) in [4.78, 5) is 25.0. The largest absolute Gasteiger partial charge is 0.494 e. The number of nitrogens with zero attached hydrogens (tertiary/aromatic N) is 1. The van der Waals surface area contributed by atoms with E-state index in [2.05, 4.69) is 6.58 Å². The normalized spacial score (nSPS) is 18.0. The molecule has 2 rings (SSSR count). The monoisotopic (exact) mass is 335 g/mol. The van der Waals surface area contributed by atoms with Crippen molar-refractivity contribution in [2.24, 2.45) is 5.92 Å². The maximum Gasteiger partial charge on any atom is 0.305 e. The van der Waals surface area contributed by atoms with E-state index in [9.17, 15) is 14.0 Å². The standard InChI is InChI=1S/C18H22FNO4/c1-3-4-5-6-13-11-20(18(13)23)15(10-17(21)22)12-7-8-16(24-2)14(19)9-12/h3,7-9,13,15H,1,4-6,10-11H2,2H3,(H,21,22). The molecule has 0 aromatic heterocycles. The van der Waals surface area contributed by atoms with Crippen LogP contribution in [0, 0.1) is 11.7 Å². The summed E-state index contributed by atoms with van der Waals surface area (Å²) in [5.41, 5.74) is 0.466. The maximum atomic E-state index is 13.9. The molecule has 5 nitrogen and oxygen atoms in total. The predicted octanol–water partition coefficient (Wildman–Crippen LogP) is 3.16. The van der Waals surface area contributed by atoms with Crippen LogP contribution in [-0.4, -0.2) is 35.5 Å². The van der Waals surface area contributed by atoms with Crippen LogP contribution in [0.25, 0.3) is 0 Å². The molecule has 2 unspecified atom stereocenters. The van der Waals surface area contributed by atoms with E-state index in [0.29, 0.717) is 12.1 Å². The number of benzene rings is 1. The first kappa shape index (κ1) is 18.0. The van der Waals surface area contributed by atoms with Gasteiger partial charge in [-0.2, -0.15) is 0 Å². The number of carboxylic acid groups (broad SMARTS) is 1. The number of rotatable bonds is 9. The number of aliphatic carboxylic acids is 1. The molecule has 0 spiro atoms. The number of hydrogen-bond donors (Lipinski definition) is 1. The molecule has 0 aliphatic carbocycles. The van der Waals surface area contributed by atoms with Gasteiger partial charge in [0.05, 0.1) is 25.5 Å². The molecular formula is C18H22FNO4. The van der Waals surface area contributed by atoms with E-state index in [4.69, 9.17) is 9.84 Å². The zero-order valence-electron chi connectivity index (χ0n) is 13.7. The number of β-lactam (4-membered cyclic amide) rings is 1. The number of carboxylic acids is 1. The van der Waals surface area contributed by atoms with Gasteiger partial charge >= 0.3 is 5.97 Å². The highest BCUT2D eigenvalue weighted by molar-refractivity contribution is 5.85. The smallest absolute Gasteiger partial charge is 0.305 e. The molecule has 1 amide bonds. The van der Waals surface area contributed by atoms with Crippen LogP contribution >= 0.6 is 0 Å². The Labute approximate surface area is 140 Å². The van der Waals surface area contributed by atoms with Gasteiger partial charge in [-0.05, 0) is 37.0 Å². The molecule has 0 saturated carbocycles. The molecule has 1 fully saturated rings. The van der Waals surface area contributed by atoms with Gasteiger partial charge in [-0.25, -0.2) is 4.39 Å². The maximum absolute atomic E-state index is 13.9. The summed E-state index contributed by atoms with van der Waals surface area (Å²) in [5, 5.41) is 9.14. The lowest BCUT2D eigenvalue weighted by Gasteiger charge is -2.43. The van der Waals surface area contributed by atoms with Crippen LogP contribution in [0.1, 0.15) is 37.3 Å². The average Bonchev–Trinajstić information content (AvgIpc) is 2.55. The van der Waals surface area contributed by atoms with E-state index >= 15 is 0 Å². The van der Waals surface area contributed by atoms with Crippen molar-refractivity contribution >= 4 is 11.9 Å². The third-order valence-corrected chi connectivity index (χ3v) is 4.32. The summed E-state index contributed by atoms with van der Waals surface area (Å²) >= 11 is 0. The summed E-state index contributed by atoms with van der Waals surface area (Å²) in [6.45, 7) is 4.15. The minimum atomic E-state index is -1.03. The minimum Gasteiger partial charge on any atom is -0.494 e. The van der Waals surface area contributed by atoms with Crippen molar-refractivity contribution < 1.29 is 23.8 Å². The second-order valence-corrected chi connectivity index (χ2v) is 5.91. The second kappa shape index (κ2) is 7.95. The van der Waals surface area contributed by atoms with Crippen LogP contribution in [0.2, 0.25) is 0 Å². The van der Waals surface area contributed by atoms with E-state index in [1.807, 2.05) is 6.08 Å². The Morgan fingerprint density at radius 3 is 2.88 bits per heavy atom. The van der Waals surface area contributed by atoms with E-state index in [1.54, 1.807) is 6.07 Å².